The molecule has 0 spiro atoms. The fourth-order valence-corrected chi connectivity index (χ4v) is 4.26. The van der Waals surface area contributed by atoms with E-state index in [1.54, 1.807) is 19.1 Å². The Hall–Kier alpha value is -3.68. The van der Waals surface area contributed by atoms with Gasteiger partial charge in [0, 0.05) is 42.3 Å². The van der Waals surface area contributed by atoms with E-state index in [0.29, 0.717) is 11.1 Å². The summed E-state index contributed by atoms with van der Waals surface area (Å²) in [5.41, 5.74) is 2.22. The van der Waals surface area contributed by atoms with Gasteiger partial charge in [0.15, 0.2) is 0 Å². The second kappa shape index (κ2) is 9.85. The second-order valence-corrected chi connectivity index (χ2v) is 8.56. The standard InChI is InChI=1S/C25H29N5O3/c1-17(14-23(31)27-19-8-7-9-20(15-19)29-12-5-6-13-29)26-24(32)16-30-25(33)22-11-4-3-10-21(22)18(2)28-30/h3-4,7-11,15,17H,5-6,12-14,16H2,1-2H3,(H,26,32)(H,27,31). The number of anilines is 2. The minimum Gasteiger partial charge on any atom is -0.371 e. The highest BCUT2D eigenvalue weighted by Gasteiger charge is 2.16. The van der Waals surface area contributed by atoms with Gasteiger partial charge in [0.05, 0.1) is 11.1 Å². The van der Waals surface area contributed by atoms with Crippen molar-refractivity contribution in [3.8, 4) is 0 Å². The largest absolute Gasteiger partial charge is 0.371 e. The van der Waals surface area contributed by atoms with Crippen LogP contribution in [0.15, 0.2) is 53.3 Å². The van der Waals surface area contributed by atoms with E-state index in [1.807, 2.05) is 43.3 Å². The molecule has 172 valence electrons. The average molecular weight is 448 g/mol. The SMILES string of the molecule is Cc1nn(CC(=O)NC(C)CC(=O)Nc2cccc(N3CCCC3)c2)c(=O)c2ccccc12. The molecule has 0 saturated carbocycles. The molecule has 1 atom stereocenters. The Morgan fingerprint density at radius 1 is 1.03 bits per heavy atom. The van der Waals surface area contributed by atoms with E-state index < -0.39 is 6.04 Å². The average Bonchev–Trinajstić information content (AvgIpc) is 3.32. The summed E-state index contributed by atoms with van der Waals surface area (Å²) < 4.78 is 1.17. The van der Waals surface area contributed by atoms with Crippen LogP contribution in [0.25, 0.3) is 10.8 Å². The lowest BCUT2D eigenvalue weighted by Gasteiger charge is -2.19. The van der Waals surface area contributed by atoms with Gasteiger partial charge in [-0.2, -0.15) is 5.10 Å². The van der Waals surface area contributed by atoms with Gasteiger partial charge in [-0.3, -0.25) is 14.4 Å². The predicted octanol–water partition coefficient (Wildman–Crippen LogP) is 2.84. The van der Waals surface area contributed by atoms with E-state index in [2.05, 4.69) is 20.6 Å². The van der Waals surface area contributed by atoms with Crippen LogP contribution in [-0.2, 0) is 16.1 Å². The number of rotatable bonds is 7. The molecule has 2 N–H and O–H groups in total. The van der Waals surface area contributed by atoms with E-state index in [4.69, 9.17) is 0 Å². The maximum Gasteiger partial charge on any atom is 0.275 e. The first kappa shape index (κ1) is 22.5. The number of aryl methyl sites for hydroxylation is 1. The van der Waals surface area contributed by atoms with Gasteiger partial charge >= 0.3 is 0 Å². The number of nitrogens with zero attached hydrogens (tertiary/aromatic N) is 3. The minimum absolute atomic E-state index is 0.124. The number of carbonyl (C=O) groups excluding carboxylic acids is 2. The molecule has 2 aromatic carbocycles. The number of benzene rings is 2. The normalized spacial score (nSPS) is 14.3. The molecule has 1 unspecified atom stereocenters. The van der Waals surface area contributed by atoms with E-state index in [1.165, 1.54) is 17.5 Å². The van der Waals surface area contributed by atoms with Crippen molar-refractivity contribution in [3.63, 3.8) is 0 Å². The van der Waals surface area contributed by atoms with Crippen molar-refractivity contribution in [3.05, 3.63) is 64.6 Å². The quantitative estimate of drug-likeness (QED) is 0.581. The Labute approximate surface area is 192 Å². The van der Waals surface area contributed by atoms with Crippen LogP contribution in [0.1, 0.15) is 31.9 Å². The van der Waals surface area contributed by atoms with Crippen molar-refractivity contribution in [1.29, 1.82) is 0 Å². The highest BCUT2D eigenvalue weighted by atomic mass is 16.2. The molecule has 2 amide bonds. The molecule has 1 fully saturated rings. The van der Waals surface area contributed by atoms with Crippen molar-refractivity contribution < 1.29 is 9.59 Å². The molecule has 1 aliphatic rings. The number of hydrogen-bond acceptors (Lipinski definition) is 5. The third-order valence-electron chi connectivity index (χ3n) is 5.85. The Morgan fingerprint density at radius 2 is 1.76 bits per heavy atom. The van der Waals surface area contributed by atoms with Crippen LogP contribution in [0.3, 0.4) is 0 Å². The number of amides is 2. The zero-order valence-corrected chi connectivity index (χ0v) is 19.0. The smallest absolute Gasteiger partial charge is 0.275 e. The molecule has 2 heterocycles. The van der Waals surface area contributed by atoms with Gasteiger partial charge < -0.3 is 15.5 Å². The lowest BCUT2D eigenvalue weighted by molar-refractivity contribution is -0.123. The zero-order valence-electron chi connectivity index (χ0n) is 19.0. The Morgan fingerprint density at radius 3 is 2.52 bits per heavy atom. The summed E-state index contributed by atoms with van der Waals surface area (Å²) in [4.78, 5) is 40.0. The molecule has 33 heavy (non-hydrogen) atoms. The molecule has 8 nitrogen and oxygen atoms in total. The number of carbonyl (C=O) groups is 2. The minimum atomic E-state index is -0.392. The van der Waals surface area contributed by atoms with E-state index in [0.717, 1.165) is 29.9 Å². The van der Waals surface area contributed by atoms with Gasteiger partial charge in [0.1, 0.15) is 6.54 Å². The van der Waals surface area contributed by atoms with Gasteiger partial charge in [-0.25, -0.2) is 4.68 Å². The zero-order chi connectivity index (χ0) is 23.4. The van der Waals surface area contributed by atoms with Crippen molar-refractivity contribution in [1.82, 2.24) is 15.1 Å². The van der Waals surface area contributed by atoms with Crippen LogP contribution in [0, 0.1) is 6.92 Å². The van der Waals surface area contributed by atoms with Crippen LogP contribution >= 0.6 is 0 Å². The monoisotopic (exact) mass is 447 g/mol. The molecule has 1 aromatic heterocycles. The van der Waals surface area contributed by atoms with Crippen LogP contribution in [0.2, 0.25) is 0 Å². The molecule has 0 radical (unpaired) electrons. The van der Waals surface area contributed by atoms with Gasteiger partial charge in [0.25, 0.3) is 5.56 Å². The topological polar surface area (TPSA) is 96.3 Å². The van der Waals surface area contributed by atoms with Crippen LogP contribution in [0.4, 0.5) is 11.4 Å². The van der Waals surface area contributed by atoms with Crippen LogP contribution in [0.5, 0.6) is 0 Å². The second-order valence-electron chi connectivity index (χ2n) is 8.56. The fraction of sp³-hybridized carbons (Fsp3) is 0.360. The molecule has 0 aliphatic carbocycles. The molecule has 1 aliphatic heterocycles. The lowest BCUT2D eigenvalue weighted by Crippen LogP contribution is -2.40. The summed E-state index contributed by atoms with van der Waals surface area (Å²) in [5.74, 6) is -0.547. The third-order valence-corrected chi connectivity index (χ3v) is 5.85. The fourth-order valence-electron chi connectivity index (χ4n) is 4.26. The van der Waals surface area contributed by atoms with Gasteiger partial charge in [-0.1, -0.05) is 24.3 Å². The number of aromatic nitrogens is 2. The Balaban J connectivity index is 1.33. The summed E-state index contributed by atoms with van der Waals surface area (Å²) in [6.07, 6.45) is 2.50. The first-order valence-electron chi connectivity index (χ1n) is 11.3. The van der Waals surface area contributed by atoms with Crippen molar-refractivity contribution in [2.24, 2.45) is 0 Å². The number of fused-ring (bicyclic) bond motifs is 1. The van der Waals surface area contributed by atoms with Gasteiger partial charge in [-0.05, 0) is 51.0 Å². The summed E-state index contributed by atoms with van der Waals surface area (Å²) in [6, 6.07) is 14.6. The molecule has 3 aromatic rings. The maximum absolute atomic E-state index is 12.7. The highest BCUT2D eigenvalue weighted by molar-refractivity contribution is 5.92. The molecule has 1 saturated heterocycles. The number of nitrogens with one attached hydrogen (secondary N) is 2. The van der Waals surface area contributed by atoms with Crippen molar-refractivity contribution in [2.75, 3.05) is 23.3 Å². The molecule has 0 bridgehead atoms. The van der Waals surface area contributed by atoms with E-state index in [-0.39, 0.29) is 30.3 Å². The molecular formula is C25H29N5O3. The first-order valence-corrected chi connectivity index (χ1v) is 11.3. The summed E-state index contributed by atoms with van der Waals surface area (Å²) >= 11 is 0. The molecule has 4 rings (SSSR count). The van der Waals surface area contributed by atoms with Gasteiger partial charge in [-0.15, -0.1) is 0 Å². The molecular weight excluding hydrogens is 418 g/mol. The summed E-state index contributed by atoms with van der Waals surface area (Å²) in [7, 11) is 0. The third kappa shape index (κ3) is 5.39. The number of hydrogen-bond donors (Lipinski definition) is 2. The predicted molar refractivity (Wildman–Crippen MR) is 129 cm³/mol. The Bertz CT molecular complexity index is 1230. The first-order chi connectivity index (χ1) is 15.9. The Kier molecular flexibility index (Phi) is 6.72. The van der Waals surface area contributed by atoms with Gasteiger partial charge in [0.2, 0.25) is 11.8 Å². The summed E-state index contributed by atoms with van der Waals surface area (Å²) in [6.45, 7) is 5.44. The van der Waals surface area contributed by atoms with E-state index in [9.17, 15) is 14.4 Å². The summed E-state index contributed by atoms with van der Waals surface area (Å²) in [5, 5.41) is 11.3. The van der Waals surface area contributed by atoms with Crippen LogP contribution < -0.4 is 21.1 Å². The lowest BCUT2D eigenvalue weighted by atomic mass is 10.1. The van der Waals surface area contributed by atoms with Crippen molar-refractivity contribution >= 4 is 34.0 Å². The highest BCUT2D eigenvalue weighted by Crippen LogP contribution is 2.23. The van der Waals surface area contributed by atoms with Crippen molar-refractivity contribution in [2.45, 2.75) is 45.7 Å². The maximum atomic E-state index is 12.7. The molecule has 8 heteroatoms. The van der Waals surface area contributed by atoms with Crippen LogP contribution in [-0.4, -0.2) is 40.7 Å². The van der Waals surface area contributed by atoms with E-state index >= 15 is 0 Å².